The first-order chi connectivity index (χ1) is 9.85. The van der Waals surface area contributed by atoms with Gasteiger partial charge in [-0.05, 0) is 48.8 Å². The summed E-state index contributed by atoms with van der Waals surface area (Å²) >= 11 is 4.54. The number of thiophene rings is 1. The molecule has 1 aromatic rings. The molecule has 0 spiro atoms. The number of hydrogen-bond acceptors (Lipinski definition) is 5. The molecule has 0 aliphatic heterocycles. The van der Waals surface area contributed by atoms with Gasteiger partial charge in [0.1, 0.15) is 12.1 Å². The standard InChI is InChI=1S/C13H17BrN2O4S/c1-4-20-13(19)8(3)16-11(17)7(2)15-12(18)9-5-6-10(14)21-9/h5-8H,4H2,1-3H3,(H,15,18)(H,16,17)/t7-,8-/m0/s1. The third-order valence-corrected chi connectivity index (χ3v) is 4.16. The van der Waals surface area contributed by atoms with Gasteiger partial charge in [-0.2, -0.15) is 0 Å². The zero-order valence-corrected chi connectivity index (χ0v) is 14.3. The molecule has 116 valence electrons. The van der Waals surface area contributed by atoms with Crippen molar-refractivity contribution in [3.05, 3.63) is 20.8 Å². The summed E-state index contributed by atoms with van der Waals surface area (Å²) in [5.74, 6) is -1.29. The zero-order chi connectivity index (χ0) is 16.0. The molecule has 0 unspecified atom stereocenters. The summed E-state index contributed by atoms with van der Waals surface area (Å²) in [5, 5.41) is 5.06. The van der Waals surface area contributed by atoms with Crippen LogP contribution in [-0.2, 0) is 14.3 Å². The van der Waals surface area contributed by atoms with Crippen molar-refractivity contribution in [1.82, 2.24) is 10.6 Å². The Labute approximate surface area is 135 Å². The van der Waals surface area contributed by atoms with E-state index in [2.05, 4.69) is 26.6 Å². The molecule has 2 N–H and O–H groups in total. The summed E-state index contributed by atoms with van der Waals surface area (Å²) in [6.45, 7) is 5.02. The summed E-state index contributed by atoms with van der Waals surface area (Å²) in [7, 11) is 0. The molecule has 0 bridgehead atoms. The predicted molar refractivity (Wildman–Crippen MR) is 83.2 cm³/mol. The Morgan fingerprint density at radius 1 is 1.24 bits per heavy atom. The van der Waals surface area contributed by atoms with Crippen molar-refractivity contribution >= 4 is 45.1 Å². The zero-order valence-electron chi connectivity index (χ0n) is 11.9. The second kappa shape index (κ2) is 8.14. The number of hydrogen-bond donors (Lipinski definition) is 2. The van der Waals surface area contributed by atoms with E-state index in [1.54, 1.807) is 26.0 Å². The monoisotopic (exact) mass is 376 g/mol. The summed E-state index contributed by atoms with van der Waals surface area (Å²) in [6, 6.07) is 1.91. The maximum atomic E-state index is 11.9. The lowest BCUT2D eigenvalue weighted by Crippen LogP contribution is -2.49. The molecule has 0 aliphatic carbocycles. The third kappa shape index (κ3) is 5.47. The fourth-order valence-corrected chi connectivity index (χ4v) is 2.72. The van der Waals surface area contributed by atoms with E-state index in [1.807, 2.05) is 0 Å². The van der Waals surface area contributed by atoms with Crippen LogP contribution in [0.5, 0.6) is 0 Å². The highest BCUT2D eigenvalue weighted by Gasteiger charge is 2.22. The van der Waals surface area contributed by atoms with Gasteiger partial charge in [0.2, 0.25) is 5.91 Å². The van der Waals surface area contributed by atoms with E-state index in [-0.39, 0.29) is 12.5 Å². The molecular formula is C13H17BrN2O4S. The number of esters is 1. The molecule has 1 rings (SSSR count). The largest absolute Gasteiger partial charge is 0.464 e. The molecule has 0 aliphatic rings. The van der Waals surface area contributed by atoms with Gasteiger partial charge < -0.3 is 15.4 Å². The van der Waals surface area contributed by atoms with Crippen LogP contribution in [0.3, 0.4) is 0 Å². The number of ether oxygens (including phenoxy) is 1. The Hall–Kier alpha value is -1.41. The van der Waals surface area contributed by atoms with Crippen LogP contribution < -0.4 is 10.6 Å². The van der Waals surface area contributed by atoms with Gasteiger partial charge >= 0.3 is 5.97 Å². The van der Waals surface area contributed by atoms with E-state index in [9.17, 15) is 14.4 Å². The summed E-state index contributed by atoms with van der Waals surface area (Å²) in [5.41, 5.74) is 0. The molecule has 0 saturated carbocycles. The second-order valence-corrected chi connectivity index (χ2v) is 6.74. The highest BCUT2D eigenvalue weighted by atomic mass is 79.9. The van der Waals surface area contributed by atoms with Gasteiger partial charge in [-0.25, -0.2) is 4.79 Å². The molecule has 0 saturated heterocycles. The van der Waals surface area contributed by atoms with Crippen LogP contribution in [0.2, 0.25) is 0 Å². The molecule has 0 fully saturated rings. The van der Waals surface area contributed by atoms with Gasteiger partial charge in [0, 0.05) is 0 Å². The quantitative estimate of drug-likeness (QED) is 0.739. The van der Waals surface area contributed by atoms with Gasteiger partial charge in [-0.3, -0.25) is 9.59 Å². The lowest BCUT2D eigenvalue weighted by molar-refractivity contribution is -0.147. The minimum atomic E-state index is -0.757. The van der Waals surface area contributed by atoms with Crippen molar-refractivity contribution < 1.29 is 19.1 Å². The first-order valence-electron chi connectivity index (χ1n) is 6.38. The molecule has 1 heterocycles. The molecule has 21 heavy (non-hydrogen) atoms. The van der Waals surface area contributed by atoms with Gasteiger partial charge in [-0.15, -0.1) is 11.3 Å². The van der Waals surface area contributed by atoms with E-state index in [0.717, 1.165) is 3.79 Å². The third-order valence-electron chi connectivity index (χ3n) is 2.54. The van der Waals surface area contributed by atoms with E-state index < -0.39 is 24.0 Å². The minimum Gasteiger partial charge on any atom is -0.464 e. The maximum Gasteiger partial charge on any atom is 0.328 e. The molecule has 2 amide bonds. The highest BCUT2D eigenvalue weighted by molar-refractivity contribution is 9.11. The summed E-state index contributed by atoms with van der Waals surface area (Å²) in [4.78, 5) is 35.7. The lowest BCUT2D eigenvalue weighted by Gasteiger charge is -2.17. The van der Waals surface area contributed by atoms with Gasteiger partial charge in [-0.1, -0.05) is 0 Å². The SMILES string of the molecule is CCOC(=O)[C@H](C)NC(=O)[C@H](C)NC(=O)c1ccc(Br)s1. The number of halogens is 1. The van der Waals surface area contributed by atoms with Gasteiger partial charge in [0.05, 0.1) is 15.3 Å². The van der Waals surface area contributed by atoms with Crippen molar-refractivity contribution in [2.75, 3.05) is 6.61 Å². The molecule has 0 radical (unpaired) electrons. The Kier molecular flexibility index (Phi) is 6.83. The Bertz CT molecular complexity index is 532. The fourth-order valence-electron chi connectivity index (χ4n) is 1.43. The van der Waals surface area contributed by atoms with Crippen LogP contribution in [0.4, 0.5) is 0 Å². The fraction of sp³-hybridized carbons (Fsp3) is 0.462. The first kappa shape index (κ1) is 17.6. The number of carbonyl (C=O) groups is 3. The van der Waals surface area contributed by atoms with Crippen LogP contribution in [0.25, 0.3) is 0 Å². The summed E-state index contributed by atoms with van der Waals surface area (Å²) in [6.07, 6.45) is 0. The Morgan fingerprint density at radius 3 is 2.43 bits per heavy atom. The van der Waals surface area contributed by atoms with Crippen molar-refractivity contribution in [3.8, 4) is 0 Å². The average Bonchev–Trinajstić information content (AvgIpc) is 2.85. The van der Waals surface area contributed by atoms with Crippen molar-refractivity contribution in [1.29, 1.82) is 0 Å². The topological polar surface area (TPSA) is 84.5 Å². The smallest absolute Gasteiger partial charge is 0.328 e. The minimum absolute atomic E-state index is 0.249. The Balaban J connectivity index is 2.51. The molecular weight excluding hydrogens is 360 g/mol. The lowest BCUT2D eigenvalue weighted by atomic mass is 10.2. The molecule has 8 heteroatoms. The predicted octanol–water partition coefficient (Wildman–Crippen LogP) is 1.70. The number of amides is 2. The van der Waals surface area contributed by atoms with Crippen molar-refractivity contribution in [2.45, 2.75) is 32.9 Å². The van der Waals surface area contributed by atoms with Crippen LogP contribution >= 0.6 is 27.3 Å². The maximum absolute atomic E-state index is 11.9. The van der Waals surface area contributed by atoms with Gasteiger partial charge in [0.15, 0.2) is 0 Å². The number of carbonyl (C=O) groups excluding carboxylic acids is 3. The molecule has 6 nitrogen and oxygen atoms in total. The van der Waals surface area contributed by atoms with Crippen LogP contribution in [0, 0.1) is 0 Å². The van der Waals surface area contributed by atoms with E-state index >= 15 is 0 Å². The van der Waals surface area contributed by atoms with Gasteiger partial charge in [0.25, 0.3) is 5.91 Å². The van der Waals surface area contributed by atoms with Crippen molar-refractivity contribution in [2.24, 2.45) is 0 Å². The molecule has 0 aromatic carbocycles. The van der Waals surface area contributed by atoms with Crippen LogP contribution in [0.1, 0.15) is 30.4 Å². The van der Waals surface area contributed by atoms with E-state index in [1.165, 1.54) is 18.3 Å². The van der Waals surface area contributed by atoms with E-state index in [4.69, 9.17) is 4.74 Å². The number of rotatable bonds is 6. The first-order valence-corrected chi connectivity index (χ1v) is 7.99. The average molecular weight is 377 g/mol. The molecule has 1 aromatic heterocycles. The van der Waals surface area contributed by atoms with Crippen LogP contribution in [0.15, 0.2) is 15.9 Å². The number of nitrogens with one attached hydrogen (secondary N) is 2. The summed E-state index contributed by atoms with van der Waals surface area (Å²) < 4.78 is 5.63. The van der Waals surface area contributed by atoms with Crippen LogP contribution in [-0.4, -0.2) is 36.5 Å². The van der Waals surface area contributed by atoms with Crippen molar-refractivity contribution in [3.63, 3.8) is 0 Å². The second-order valence-electron chi connectivity index (χ2n) is 4.28. The molecule has 2 atom stereocenters. The normalized spacial score (nSPS) is 13.1. The van der Waals surface area contributed by atoms with E-state index in [0.29, 0.717) is 4.88 Å². The highest BCUT2D eigenvalue weighted by Crippen LogP contribution is 2.21. The Morgan fingerprint density at radius 2 is 1.90 bits per heavy atom.